The van der Waals surface area contributed by atoms with E-state index in [0.717, 1.165) is 10.4 Å². The first-order chi connectivity index (χ1) is 13.0. The van der Waals surface area contributed by atoms with Gasteiger partial charge in [0, 0.05) is 21.9 Å². The molecular weight excluding hydrogens is 386 g/mol. The fourth-order valence-electron chi connectivity index (χ4n) is 2.73. The fourth-order valence-corrected chi connectivity index (χ4v) is 4.49. The summed E-state index contributed by atoms with van der Waals surface area (Å²) >= 11 is 2.94. The third-order valence-electron chi connectivity index (χ3n) is 4.00. The van der Waals surface area contributed by atoms with Crippen LogP contribution < -0.4 is 10.3 Å². The molecule has 0 saturated heterocycles. The van der Waals surface area contributed by atoms with Crippen molar-refractivity contribution in [3.8, 4) is 16.2 Å². The van der Waals surface area contributed by atoms with Gasteiger partial charge in [0.15, 0.2) is 17.7 Å². The number of nitro benzene ring substituents is 1. The maximum absolute atomic E-state index is 12.7. The van der Waals surface area contributed by atoms with Gasteiger partial charge in [0.2, 0.25) is 0 Å². The van der Waals surface area contributed by atoms with Crippen LogP contribution in [0.5, 0.6) is 5.75 Å². The Balaban J connectivity index is 1.71. The Kier molecular flexibility index (Phi) is 4.46. The quantitative estimate of drug-likeness (QED) is 0.385. The van der Waals surface area contributed by atoms with Crippen LogP contribution in [0.25, 0.3) is 20.7 Å². The van der Waals surface area contributed by atoms with Crippen LogP contribution in [-0.2, 0) is 0 Å². The average Bonchev–Trinajstić information content (AvgIpc) is 3.31. The number of hydrogen-bond acceptors (Lipinski definition) is 7. The van der Waals surface area contributed by atoms with Crippen LogP contribution in [-0.4, -0.2) is 14.9 Å². The van der Waals surface area contributed by atoms with Gasteiger partial charge in [-0.3, -0.25) is 14.9 Å². The zero-order chi connectivity index (χ0) is 19.0. The first-order valence-corrected chi connectivity index (χ1v) is 9.76. The van der Waals surface area contributed by atoms with Crippen LogP contribution in [0.4, 0.5) is 5.69 Å². The Morgan fingerprint density at radius 2 is 2.04 bits per heavy atom. The first kappa shape index (κ1) is 17.4. The van der Waals surface area contributed by atoms with Crippen LogP contribution in [0, 0.1) is 10.1 Å². The highest BCUT2D eigenvalue weighted by Crippen LogP contribution is 2.34. The summed E-state index contributed by atoms with van der Waals surface area (Å²) in [4.78, 5) is 32.2. The van der Waals surface area contributed by atoms with Gasteiger partial charge >= 0.3 is 5.69 Å². The number of H-pyrrole nitrogens is 1. The lowest BCUT2D eigenvalue weighted by Gasteiger charge is -2.13. The number of benzene rings is 1. The number of nitrogens with zero attached hydrogens (tertiary/aromatic N) is 2. The number of aromatic amines is 1. The summed E-state index contributed by atoms with van der Waals surface area (Å²) in [6, 6.07) is 10.0. The third-order valence-corrected chi connectivity index (χ3v) is 5.78. The van der Waals surface area contributed by atoms with Gasteiger partial charge in [0.05, 0.1) is 10.3 Å². The van der Waals surface area contributed by atoms with Crippen LogP contribution in [0.1, 0.15) is 18.9 Å². The Morgan fingerprint density at radius 3 is 2.78 bits per heavy atom. The monoisotopic (exact) mass is 399 g/mol. The predicted octanol–water partition coefficient (Wildman–Crippen LogP) is 4.76. The highest BCUT2D eigenvalue weighted by molar-refractivity contribution is 7.18. The number of rotatable bonds is 5. The summed E-state index contributed by atoms with van der Waals surface area (Å²) in [7, 11) is 0. The van der Waals surface area contributed by atoms with Gasteiger partial charge in [-0.2, -0.15) is 0 Å². The van der Waals surface area contributed by atoms with Gasteiger partial charge < -0.3 is 9.72 Å². The van der Waals surface area contributed by atoms with Crippen LogP contribution in [0.2, 0.25) is 0 Å². The average molecular weight is 399 g/mol. The minimum Gasteiger partial charge on any atom is -0.476 e. The molecule has 0 aliphatic rings. The number of fused-ring (bicyclic) bond motifs is 1. The Labute approximate surface area is 161 Å². The second-order valence-corrected chi connectivity index (χ2v) is 7.55. The van der Waals surface area contributed by atoms with Crippen LogP contribution in [0.3, 0.4) is 0 Å². The van der Waals surface area contributed by atoms with Crippen LogP contribution in [0.15, 0.2) is 52.0 Å². The van der Waals surface area contributed by atoms with E-state index in [9.17, 15) is 14.9 Å². The number of ether oxygens (including phenoxy) is 1. The molecule has 4 aromatic rings. The van der Waals surface area contributed by atoms with Gasteiger partial charge in [0.25, 0.3) is 5.56 Å². The SMILES string of the molecule is C[C@H](Oc1ccccc1[N+](=O)[O-])c1nc2scc(-c3cccs3)c2c(=O)[nH]1. The van der Waals surface area contributed by atoms with E-state index in [1.807, 2.05) is 22.9 Å². The zero-order valence-electron chi connectivity index (χ0n) is 14.0. The van der Waals surface area contributed by atoms with Crippen molar-refractivity contribution in [3.63, 3.8) is 0 Å². The Hall–Kier alpha value is -3.04. The highest BCUT2D eigenvalue weighted by atomic mass is 32.1. The number of nitrogens with one attached hydrogen (secondary N) is 1. The Bertz CT molecular complexity index is 1180. The van der Waals surface area contributed by atoms with Crippen molar-refractivity contribution in [2.24, 2.45) is 0 Å². The smallest absolute Gasteiger partial charge is 0.310 e. The number of para-hydroxylation sites is 2. The summed E-state index contributed by atoms with van der Waals surface area (Å²) in [6.45, 7) is 1.69. The van der Waals surface area contributed by atoms with Crippen molar-refractivity contribution in [2.45, 2.75) is 13.0 Å². The number of thiophene rings is 2. The molecule has 0 aliphatic heterocycles. The molecule has 3 heterocycles. The lowest BCUT2D eigenvalue weighted by Crippen LogP contribution is -2.16. The lowest BCUT2D eigenvalue weighted by molar-refractivity contribution is -0.386. The molecule has 9 heteroatoms. The maximum atomic E-state index is 12.7. The van der Waals surface area contributed by atoms with E-state index in [4.69, 9.17) is 4.74 Å². The lowest BCUT2D eigenvalue weighted by atomic mass is 10.2. The largest absolute Gasteiger partial charge is 0.476 e. The molecule has 0 radical (unpaired) electrons. The van der Waals surface area contributed by atoms with Crippen molar-refractivity contribution in [2.75, 3.05) is 0 Å². The van der Waals surface area contributed by atoms with Crippen molar-refractivity contribution < 1.29 is 9.66 Å². The highest BCUT2D eigenvalue weighted by Gasteiger charge is 2.20. The summed E-state index contributed by atoms with van der Waals surface area (Å²) in [6.07, 6.45) is -0.657. The van der Waals surface area contributed by atoms with Crippen molar-refractivity contribution >= 4 is 38.6 Å². The molecule has 7 nitrogen and oxygen atoms in total. The molecule has 0 bridgehead atoms. The van der Waals surface area contributed by atoms with Gasteiger partial charge in [-0.25, -0.2) is 4.98 Å². The second-order valence-electron chi connectivity index (χ2n) is 5.74. The van der Waals surface area contributed by atoms with E-state index >= 15 is 0 Å². The first-order valence-electron chi connectivity index (χ1n) is 8.00. The zero-order valence-corrected chi connectivity index (χ0v) is 15.7. The summed E-state index contributed by atoms with van der Waals surface area (Å²) in [5.41, 5.74) is 0.471. The molecule has 1 N–H and O–H groups in total. The van der Waals surface area contributed by atoms with E-state index in [1.54, 1.807) is 30.4 Å². The molecule has 1 aromatic carbocycles. The van der Waals surface area contributed by atoms with Crippen molar-refractivity contribution in [1.29, 1.82) is 0 Å². The fraction of sp³-hybridized carbons (Fsp3) is 0.111. The van der Waals surface area contributed by atoms with Crippen molar-refractivity contribution in [1.82, 2.24) is 9.97 Å². The standard InChI is InChI=1S/C18H13N3O4S2/c1-10(25-13-6-3-2-5-12(13)21(23)24)16-19-17(22)15-11(9-27-18(15)20-16)14-7-4-8-26-14/h2-10H,1H3,(H,19,20,22)/t10-/m0/s1. The number of aromatic nitrogens is 2. The molecule has 0 saturated carbocycles. The molecule has 0 spiro atoms. The van der Waals surface area contributed by atoms with E-state index in [1.165, 1.54) is 23.5 Å². The normalized spacial score (nSPS) is 12.2. The molecule has 136 valence electrons. The minimum absolute atomic E-state index is 0.128. The number of nitro groups is 1. The summed E-state index contributed by atoms with van der Waals surface area (Å²) < 4.78 is 5.71. The van der Waals surface area contributed by atoms with E-state index in [0.29, 0.717) is 16.0 Å². The topological polar surface area (TPSA) is 98.1 Å². The van der Waals surface area contributed by atoms with Gasteiger partial charge in [-0.1, -0.05) is 18.2 Å². The molecular formula is C18H13N3O4S2. The molecule has 0 aliphatic carbocycles. The second kappa shape index (κ2) is 6.93. The van der Waals surface area contributed by atoms with E-state index in [2.05, 4.69) is 9.97 Å². The van der Waals surface area contributed by atoms with E-state index in [-0.39, 0.29) is 17.0 Å². The van der Waals surface area contributed by atoms with Gasteiger partial charge in [-0.05, 0) is 24.4 Å². The molecule has 3 aromatic heterocycles. The Morgan fingerprint density at radius 1 is 1.22 bits per heavy atom. The van der Waals surface area contributed by atoms with E-state index < -0.39 is 11.0 Å². The third kappa shape index (κ3) is 3.22. The molecule has 0 amide bonds. The van der Waals surface area contributed by atoms with Crippen LogP contribution >= 0.6 is 22.7 Å². The number of hydrogen-bond donors (Lipinski definition) is 1. The molecule has 1 atom stereocenters. The van der Waals surface area contributed by atoms with Gasteiger partial charge in [-0.15, -0.1) is 22.7 Å². The molecule has 0 unspecified atom stereocenters. The molecule has 0 fully saturated rings. The molecule has 4 rings (SSSR count). The van der Waals surface area contributed by atoms with Crippen molar-refractivity contribution in [3.05, 3.63) is 73.5 Å². The maximum Gasteiger partial charge on any atom is 0.310 e. The molecule has 27 heavy (non-hydrogen) atoms. The van der Waals surface area contributed by atoms with Gasteiger partial charge in [0.1, 0.15) is 4.83 Å². The predicted molar refractivity (Wildman–Crippen MR) is 106 cm³/mol. The summed E-state index contributed by atoms with van der Waals surface area (Å²) in [5, 5.41) is 15.6. The minimum atomic E-state index is -0.657. The summed E-state index contributed by atoms with van der Waals surface area (Å²) in [5.74, 6) is 0.452.